The van der Waals surface area contributed by atoms with Gasteiger partial charge in [-0.2, -0.15) is 0 Å². The van der Waals surface area contributed by atoms with E-state index in [2.05, 4.69) is 13.8 Å². The number of hydrogen-bond donors (Lipinski definition) is 4. The summed E-state index contributed by atoms with van der Waals surface area (Å²) >= 11 is 0. The normalized spacial score (nSPS) is 22.7. The van der Waals surface area contributed by atoms with Crippen molar-refractivity contribution in [3.8, 4) is 0 Å². The lowest BCUT2D eigenvalue weighted by atomic mass is 9.99. The Morgan fingerprint density at radius 1 is 0.511 bits per heavy atom. The number of rotatable bonds is 33. The fourth-order valence-electron chi connectivity index (χ4n) is 6.00. The Balaban J connectivity index is 2.25. The van der Waals surface area contributed by atoms with Gasteiger partial charge in [-0.15, -0.1) is 0 Å². The van der Waals surface area contributed by atoms with Gasteiger partial charge in [-0.05, 0) is 12.8 Å². The zero-order valence-electron chi connectivity index (χ0n) is 29.4. The Kier molecular flexibility index (Phi) is 29.4. The molecule has 45 heavy (non-hydrogen) atoms. The minimum atomic E-state index is -1.46. The summed E-state index contributed by atoms with van der Waals surface area (Å²) in [4.78, 5) is 0. The highest BCUT2D eigenvalue weighted by Crippen LogP contribution is 2.22. The first-order chi connectivity index (χ1) is 22.0. The van der Waals surface area contributed by atoms with E-state index >= 15 is 0 Å². The molecule has 0 aliphatic carbocycles. The minimum absolute atomic E-state index is 0.124. The molecule has 1 fully saturated rings. The highest BCUT2D eigenvalue weighted by atomic mass is 16.7. The molecule has 8 heteroatoms. The fraction of sp³-hybridized carbons (Fsp3) is 1.00. The molecule has 0 aromatic rings. The second-order valence-electron chi connectivity index (χ2n) is 13.4. The van der Waals surface area contributed by atoms with E-state index in [1.165, 1.54) is 135 Å². The summed E-state index contributed by atoms with van der Waals surface area (Å²) in [6.45, 7) is 5.84. The maximum absolute atomic E-state index is 10.3. The van der Waals surface area contributed by atoms with Crippen molar-refractivity contribution in [2.75, 3.05) is 33.0 Å². The molecule has 6 atom stereocenters. The van der Waals surface area contributed by atoms with Gasteiger partial charge in [0.15, 0.2) is 6.29 Å². The summed E-state index contributed by atoms with van der Waals surface area (Å²) in [6, 6.07) is 0. The summed E-state index contributed by atoms with van der Waals surface area (Å²) in [5, 5.41) is 39.9. The van der Waals surface area contributed by atoms with Crippen molar-refractivity contribution in [1.29, 1.82) is 0 Å². The van der Waals surface area contributed by atoms with Crippen molar-refractivity contribution < 1.29 is 39.4 Å². The van der Waals surface area contributed by atoms with Gasteiger partial charge in [0.25, 0.3) is 0 Å². The molecule has 1 saturated heterocycles. The van der Waals surface area contributed by atoms with Crippen LogP contribution in [0.15, 0.2) is 0 Å². The summed E-state index contributed by atoms with van der Waals surface area (Å²) in [7, 11) is 0. The number of ether oxygens (including phenoxy) is 4. The molecular weight excluding hydrogens is 572 g/mol. The Morgan fingerprint density at radius 3 is 1.38 bits per heavy atom. The molecular formula is C37H74O8. The van der Waals surface area contributed by atoms with Gasteiger partial charge in [-0.3, -0.25) is 0 Å². The predicted molar refractivity (Wildman–Crippen MR) is 182 cm³/mol. The minimum Gasteiger partial charge on any atom is -0.394 e. The molecule has 0 saturated carbocycles. The lowest BCUT2D eigenvalue weighted by molar-refractivity contribution is -0.306. The third kappa shape index (κ3) is 22.8. The summed E-state index contributed by atoms with van der Waals surface area (Å²) in [6.07, 6.45) is 24.4. The lowest BCUT2D eigenvalue weighted by Gasteiger charge is -2.39. The van der Waals surface area contributed by atoms with Crippen LogP contribution in [0, 0.1) is 0 Å². The number of hydrogen-bond acceptors (Lipinski definition) is 8. The van der Waals surface area contributed by atoms with Gasteiger partial charge < -0.3 is 39.4 Å². The smallest absolute Gasteiger partial charge is 0.186 e. The van der Waals surface area contributed by atoms with Crippen LogP contribution in [0.25, 0.3) is 0 Å². The van der Waals surface area contributed by atoms with Crippen LogP contribution in [-0.4, -0.2) is 90.3 Å². The van der Waals surface area contributed by atoms with Gasteiger partial charge in [-0.1, -0.05) is 155 Å². The molecule has 0 amide bonds. The van der Waals surface area contributed by atoms with Gasteiger partial charge in [0.05, 0.1) is 19.8 Å². The molecule has 1 aliphatic heterocycles. The zero-order valence-corrected chi connectivity index (χ0v) is 29.4. The number of aliphatic hydroxyl groups is 4. The van der Waals surface area contributed by atoms with Crippen molar-refractivity contribution in [2.24, 2.45) is 0 Å². The Morgan fingerprint density at radius 2 is 0.933 bits per heavy atom. The van der Waals surface area contributed by atoms with Gasteiger partial charge in [0.1, 0.15) is 30.5 Å². The molecule has 1 aliphatic rings. The van der Waals surface area contributed by atoms with Gasteiger partial charge in [0, 0.05) is 13.2 Å². The largest absolute Gasteiger partial charge is 0.394 e. The summed E-state index contributed by atoms with van der Waals surface area (Å²) in [5.41, 5.74) is 0. The quantitative estimate of drug-likeness (QED) is 0.0539. The molecule has 0 aromatic heterocycles. The van der Waals surface area contributed by atoms with Crippen molar-refractivity contribution >= 4 is 0 Å². The second kappa shape index (κ2) is 31.0. The van der Waals surface area contributed by atoms with E-state index in [1.54, 1.807) is 0 Å². The number of unbranched alkanes of at least 4 members (excludes halogenated alkanes) is 22. The van der Waals surface area contributed by atoms with Crippen LogP contribution < -0.4 is 0 Å². The van der Waals surface area contributed by atoms with E-state index in [0.29, 0.717) is 19.8 Å². The first kappa shape index (κ1) is 42.7. The topological polar surface area (TPSA) is 118 Å². The van der Waals surface area contributed by atoms with Crippen molar-refractivity contribution in [3.63, 3.8) is 0 Å². The fourth-order valence-corrected chi connectivity index (χ4v) is 6.00. The maximum Gasteiger partial charge on any atom is 0.186 e. The summed E-state index contributed by atoms with van der Waals surface area (Å²) in [5.74, 6) is 0. The Hall–Kier alpha value is -0.320. The Labute approximate surface area is 277 Å². The van der Waals surface area contributed by atoms with Crippen LogP contribution in [0.5, 0.6) is 0 Å². The first-order valence-corrected chi connectivity index (χ1v) is 19.2. The average Bonchev–Trinajstić information content (AvgIpc) is 3.05. The summed E-state index contributed by atoms with van der Waals surface area (Å²) < 4.78 is 23.4. The van der Waals surface area contributed by atoms with Crippen molar-refractivity contribution in [1.82, 2.24) is 0 Å². The van der Waals surface area contributed by atoms with Crippen LogP contribution in [0.2, 0.25) is 0 Å². The molecule has 0 spiro atoms. The van der Waals surface area contributed by atoms with E-state index in [-0.39, 0.29) is 12.7 Å². The third-order valence-electron chi connectivity index (χ3n) is 9.09. The molecule has 1 rings (SSSR count). The highest BCUT2D eigenvalue weighted by Gasteiger charge is 2.44. The van der Waals surface area contributed by atoms with Gasteiger partial charge >= 0.3 is 0 Å². The second-order valence-corrected chi connectivity index (χ2v) is 13.4. The lowest BCUT2D eigenvalue weighted by Crippen LogP contribution is -2.59. The van der Waals surface area contributed by atoms with E-state index in [4.69, 9.17) is 18.9 Å². The molecule has 0 aromatic carbocycles. The third-order valence-corrected chi connectivity index (χ3v) is 9.09. The van der Waals surface area contributed by atoms with Crippen molar-refractivity contribution in [2.45, 2.75) is 205 Å². The maximum atomic E-state index is 10.3. The molecule has 1 heterocycles. The van der Waals surface area contributed by atoms with Crippen LogP contribution >= 0.6 is 0 Å². The van der Waals surface area contributed by atoms with Crippen molar-refractivity contribution in [3.05, 3.63) is 0 Å². The van der Waals surface area contributed by atoms with Gasteiger partial charge in [-0.25, -0.2) is 0 Å². The van der Waals surface area contributed by atoms with Crippen LogP contribution in [0.1, 0.15) is 168 Å². The zero-order chi connectivity index (χ0) is 32.8. The van der Waals surface area contributed by atoms with Crippen LogP contribution in [0.3, 0.4) is 0 Å². The molecule has 0 bridgehead atoms. The molecule has 270 valence electrons. The molecule has 8 nitrogen and oxygen atoms in total. The predicted octanol–water partition coefficient (Wildman–Crippen LogP) is 7.61. The molecule has 2 unspecified atom stereocenters. The van der Waals surface area contributed by atoms with E-state index in [9.17, 15) is 20.4 Å². The average molecular weight is 647 g/mol. The van der Waals surface area contributed by atoms with E-state index < -0.39 is 37.3 Å². The monoisotopic (exact) mass is 647 g/mol. The number of aliphatic hydroxyl groups excluding tert-OH is 4. The van der Waals surface area contributed by atoms with E-state index in [0.717, 1.165) is 19.3 Å². The van der Waals surface area contributed by atoms with E-state index in [1.807, 2.05) is 0 Å². The molecule has 0 radical (unpaired) electrons. The van der Waals surface area contributed by atoms with Gasteiger partial charge in [0.2, 0.25) is 0 Å². The highest BCUT2D eigenvalue weighted by molar-refractivity contribution is 4.89. The van der Waals surface area contributed by atoms with Crippen LogP contribution in [0.4, 0.5) is 0 Å². The standard InChI is InChI=1S/C37H74O8/c1-3-5-7-9-11-13-15-17-19-21-23-25-27-42-30-32(31-44-37-36(41)35(40)34(39)33(29-38)45-37)43-28-26-24-22-20-18-16-14-12-10-8-6-4-2/h32-41H,3-31H2,1-2H3/t32?,33-,34+,35+,36-,37?/m1/s1. The SMILES string of the molecule is CCCCCCCCCCCCCCOCC(COC1O[C@H](CO)[C@H](O)[C@H](O)[C@H]1O)OCCCCCCCCCCCCCC. The molecule has 4 N–H and O–H groups in total. The van der Waals surface area contributed by atoms with Crippen LogP contribution in [-0.2, 0) is 18.9 Å². The first-order valence-electron chi connectivity index (χ1n) is 19.2. The Bertz CT molecular complexity index is 607.